The topological polar surface area (TPSA) is 121 Å². The number of hydrogen-bond acceptors (Lipinski definition) is 6. The van der Waals surface area contributed by atoms with Crippen LogP contribution in [0.1, 0.15) is 18.4 Å². The Hall–Kier alpha value is -2.26. The molecule has 1 atom stereocenters. The molecule has 1 aliphatic heterocycles. The zero-order valence-electron chi connectivity index (χ0n) is 13.2. The average molecular weight is 383 g/mol. The van der Waals surface area contributed by atoms with E-state index < -0.39 is 17.9 Å². The maximum atomic E-state index is 11.9. The van der Waals surface area contributed by atoms with Crippen LogP contribution >= 0.6 is 23.4 Å². The minimum absolute atomic E-state index is 0.00355. The molecular formula is C15H15ClN4O4S. The van der Waals surface area contributed by atoms with Crippen LogP contribution in [0.4, 0.5) is 5.69 Å². The molecule has 1 aromatic rings. The molecule has 0 saturated carbocycles. The third-order valence-electron chi connectivity index (χ3n) is 3.19. The lowest BCUT2D eigenvalue weighted by molar-refractivity contribution is -0.137. The van der Waals surface area contributed by atoms with Crippen LogP contribution in [-0.2, 0) is 14.4 Å². The number of amidine groups is 1. The van der Waals surface area contributed by atoms with Gasteiger partial charge in [0.25, 0.3) is 5.91 Å². The van der Waals surface area contributed by atoms with E-state index in [1.54, 1.807) is 18.2 Å². The molecule has 8 nitrogen and oxygen atoms in total. The Bertz CT molecular complexity index is 766. The minimum Gasteiger partial charge on any atom is -0.481 e. The van der Waals surface area contributed by atoms with Crippen molar-refractivity contribution in [3.63, 3.8) is 0 Å². The molecule has 0 spiro atoms. The summed E-state index contributed by atoms with van der Waals surface area (Å²) >= 11 is 6.96. The first-order chi connectivity index (χ1) is 11.8. The summed E-state index contributed by atoms with van der Waals surface area (Å²) in [5, 5.41) is 19.4. The van der Waals surface area contributed by atoms with Crippen LogP contribution < -0.4 is 5.32 Å². The van der Waals surface area contributed by atoms with Gasteiger partial charge in [0.15, 0.2) is 6.04 Å². The first-order valence-corrected chi connectivity index (χ1v) is 8.65. The Kier molecular flexibility index (Phi) is 6.65. The number of aliphatic imine (C=N–C) groups is 1. The molecule has 2 amide bonds. The molecule has 0 saturated heterocycles. The lowest BCUT2D eigenvalue weighted by Gasteiger charge is -2.11. The number of azo groups is 1. The number of carbonyl (C=O) groups excluding carboxylic acids is 2. The van der Waals surface area contributed by atoms with Gasteiger partial charge >= 0.3 is 5.97 Å². The Morgan fingerprint density at radius 2 is 2.16 bits per heavy atom. The predicted octanol–water partition coefficient (Wildman–Crippen LogP) is 2.90. The highest BCUT2D eigenvalue weighted by atomic mass is 35.5. The lowest BCUT2D eigenvalue weighted by atomic mass is 10.1. The van der Waals surface area contributed by atoms with Crippen molar-refractivity contribution in [1.82, 2.24) is 0 Å². The summed E-state index contributed by atoms with van der Waals surface area (Å²) in [4.78, 5) is 37.9. The standard InChI is InChI=1S/C15H15ClN4O4S/c1-8-2-3-9(6-10(8)16)17-12(21)7-25-15-18-14(24)11(19-20-15)4-5-13(22)23/h2-3,6,11H,4-5,7H2,1H3,(H,17,21)(H,22,23). The number of carboxylic acid groups (broad SMARTS) is 1. The SMILES string of the molecule is Cc1ccc(NC(=O)CSC2=NC(=O)C(CCC(=O)O)N=N2)cc1Cl. The molecule has 1 unspecified atom stereocenters. The van der Waals surface area contributed by atoms with E-state index in [0.717, 1.165) is 17.3 Å². The summed E-state index contributed by atoms with van der Waals surface area (Å²) in [5.74, 6) is -1.87. The molecule has 0 aromatic heterocycles. The van der Waals surface area contributed by atoms with E-state index in [2.05, 4.69) is 20.5 Å². The van der Waals surface area contributed by atoms with E-state index in [-0.39, 0.29) is 29.7 Å². The number of thioether (sulfide) groups is 1. The number of anilines is 1. The monoisotopic (exact) mass is 382 g/mol. The van der Waals surface area contributed by atoms with Gasteiger partial charge in [-0.15, -0.1) is 5.11 Å². The van der Waals surface area contributed by atoms with E-state index in [1.165, 1.54) is 0 Å². The predicted molar refractivity (Wildman–Crippen MR) is 95.2 cm³/mol. The summed E-state index contributed by atoms with van der Waals surface area (Å²) < 4.78 is 0. The largest absolute Gasteiger partial charge is 0.481 e. The Morgan fingerprint density at radius 1 is 1.40 bits per heavy atom. The number of carboxylic acids is 1. The number of aliphatic carboxylic acids is 1. The molecule has 10 heteroatoms. The van der Waals surface area contributed by atoms with E-state index in [1.807, 2.05) is 6.92 Å². The summed E-state index contributed by atoms with van der Waals surface area (Å²) in [5.41, 5.74) is 1.47. The van der Waals surface area contributed by atoms with Crippen molar-refractivity contribution in [2.45, 2.75) is 25.8 Å². The molecule has 1 aliphatic rings. The third-order valence-corrected chi connectivity index (χ3v) is 4.44. The van der Waals surface area contributed by atoms with Gasteiger partial charge in [0.2, 0.25) is 11.1 Å². The third kappa shape index (κ3) is 5.95. The first kappa shape index (κ1) is 19.1. The van der Waals surface area contributed by atoms with E-state index >= 15 is 0 Å². The van der Waals surface area contributed by atoms with Crippen LogP contribution in [0, 0.1) is 6.92 Å². The number of rotatable bonds is 6. The zero-order valence-corrected chi connectivity index (χ0v) is 14.8. The molecular weight excluding hydrogens is 368 g/mol. The van der Waals surface area contributed by atoms with Gasteiger partial charge < -0.3 is 10.4 Å². The highest BCUT2D eigenvalue weighted by Gasteiger charge is 2.23. The molecule has 25 heavy (non-hydrogen) atoms. The number of aryl methyl sites for hydroxylation is 1. The summed E-state index contributed by atoms with van der Waals surface area (Å²) in [6.07, 6.45) is -0.136. The Labute approximate surface area is 152 Å². The van der Waals surface area contributed by atoms with Crippen LogP contribution in [0.2, 0.25) is 5.02 Å². The van der Waals surface area contributed by atoms with Gasteiger partial charge in [-0.25, -0.2) is 0 Å². The fourth-order valence-electron chi connectivity index (χ4n) is 1.86. The number of nitrogens with one attached hydrogen (secondary N) is 1. The molecule has 1 aromatic carbocycles. The lowest BCUT2D eigenvalue weighted by Crippen LogP contribution is -2.22. The Balaban J connectivity index is 1.83. The molecule has 0 bridgehead atoms. The highest BCUT2D eigenvalue weighted by molar-refractivity contribution is 8.14. The van der Waals surface area contributed by atoms with Gasteiger partial charge in [-0.3, -0.25) is 14.4 Å². The van der Waals surface area contributed by atoms with Crippen LogP contribution in [0.5, 0.6) is 0 Å². The second-order valence-corrected chi connectivity index (χ2v) is 6.55. The Morgan fingerprint density at radius 3 is 2.80 bits per heavy atom. The van der Waals surface area contributed by atoms with Gasteiger partial charge in [-0.2, -0.15) is 10.1 Å². The van der Waals surface area contributed by atoms with Crippen molar-refractivity contribution < 1.29 is 19.5 Å². The molecule has 2 rings (SSSR count). The fourth-order valence-corrected chi connectivity index (χ4v) is 2.63. The minimum atomic E-state index is -1.01. The number of hydrogen-bond donors (Lipinski definition) is 2. The summed E-state index contributed by atoms with van der Waals surface area (Å²) in [7, 11) is 0. The molecule has 0 fully saturated rings. The van der Waals surface area contributed by atoms with Gasteiger partial charge in [-0.1, -0.05) is 29.4 Å². The number of halogens is 1. The number of amides is 2. The van der Waals surface area contributed by atoms with Gasteiger partial charge in [-0.05, 0) is 31.0 Å². The maximum Gasteiger partial charge on any atom is 0.303 e. The van der Waals surface area contributed by atoms with Crippen LogP contribution in [0.3, 0.4) is 0 Å². The molecule has 0 radical (unpaired) electrons. The van der Waals surface area contributed by atoms with E-state index in [4.69, 9.17) is 16.7 Å². The number of nitrogens with zero attached hydrogens (tertiary/aromatic N) is 3. The van der Waals surface area contributed by atoms with Crippen molar-refractivity contribution in [2.24, 2.45) is 15.2 Å². The number of benzene rings is 1. The maximum absolute atomic E-state index is 11.9. The molecule has 0 aliphatic carbocycles. The quantitative estimate of drug-likeness (QED) is 0.783. The van der Waals surface area contributed by atoms with Gasteiger partial charge in [0.1, 0.15) is 0 Å². The van der Waals surface area contributed by atoms with Crippen molar-refractivity contribution in [3.8, 4) is 0 Å². The average Bonchev–Trinajstić information content (AvgIpc) is 2.55. The second-order valence-electron chi connectivity index (χ2n) is 5.20. The molecule has 2 N–H and O–H groups in total. The highest BCUT2D eigenvalue weighted by Crippen LogP contribution is 2.21. The smallest absolute Gasteiger partial charge is 0.303 e. The van der Waals surface area contributed by atoms with E-state index in [9.17, 15) is 14.4 Å². The van der Waals surface area contributed by atoms with Gasteiger partial charge in [0, 0.05) is 17.1 Å². The normalized spacial score (nSPS) is 16.5. The molecule has 1 heterocycles. The van der Waals surface area contributed by atoms with E-state index in [0.29, 0.717) is 10.7 Å². The van der Waals surface area contributed by atoms with Gasteiger partial charge in [0.05, 0.1) is 5.75 Å². The fraction of sp³-hybridized carbons (Fsp3) is 0.333. The van der Waals surface area contributed by atoms with Crippen molar-refractivity contribution in [2.75, 3.05) is 11.1 Å². The van der Waals surface area contributed by atoms with Crippen molar-refractivity contribution in [3.05, 3.63) is 28.8 Å². The number of carbonyl (C=O) groups is 3. The van der Waals surface area contributed by atoms with Crippen LogP contribution in [0.25, 0.3) is 0 Å². The van der Waals surface area contributed by atoms with Crippen LogP contribution in [-0.4, -0.2) is 39.9 Å². The van der Waals surface area contributed by atoms with Crippen molar-refractivity contribution in [1.29, 1.82) is 0 Å². The molecule has 132 valence electrons. The zero-order chi connectivity index (χ0) is 18.4. The first-order valence-electron chi connectivity index (χ1n) is 7.29. The summed E-state index contributed by atoms with van der Waals surface area (Å²) in [6, 6.07) is 4.30. The van der Waals surface area contributed by atoms with Crippen molar-refractivity contribution >= 4 is 52.0 Å². The summed E-state index contributed by atoms with van der Waals surface area (Å²) in [6.45, 7) is 1.86. The van der Waals surface area contributed by atoms with Crippen LogP contribution in [0.15, 0.2) is 33.4 Å². The second kappa shape index (κ2) is 8.72.